The van der Waals surface area contributed by atoms with Crippen LogP contribution in [0.2, 0.25) is 0 Å². The highest BCUT2D eigenvalue weighted by molar-refractivity contribution is 4.90. The van der Waals surface area contributed by atoms with E-state index in [1.165, 1.54) is 19.3 Å². The maximum atomic E-state index is 9.03. The molecular weight excluding hydrogens is 190 g/mol. The van der Waals surface area contributed by atoms with Gasteiger partial charge in [0.1, 0.15) is 0 Å². The molecule has 1 saturated carbocycles. The largest absolute Gasteiger partial charge is 0.379 e. The van der Waals surface area contributed by atoms with Crippen molar-refractivity contribution >= 4 is 0 Å². The smallest absolute Gasteiger partial charge is 0.0734 e. The van der Waals surface area contributed by atoms with Crippen molar-refractivity contribution in [1.82, 2.24) is 0 Å². The molecule has 2 unspecified atom stereocenters. The Balaban J connectivity index is 2.26. The van der Waals surface area contributed by atoms with Gasteiger partial charge in [0.25, 0.3) is 0 Å². The van der Waals surface area contributed by atoms with Crippen molar-refractivity contribution in [3.8, 4) is 6.07 Å². The Hall–Kier alpha value is -0.590. The molecule has 0 spiro atoms. The summed E-state index contributed by atoms with van der Waals surface area (Å²) >= 11 is 0. The number of nitrogens with zero attached hydrogens (tertiary/aromatic N) is 1. The van der Waals surface area contributed by atoms with Crippen LogP contribution in [-0.4, -0.2) is 25.9 Å². The number of hydrogen-bond acceptors (Lipinski definition) is 3. The van der Waals surface area contributed by atoms with Gasteiger partial charge < -0.3 is 9.47 Å². The molecule has 1 fully saturated rings. The van der Waals surface area contributed by atoms with Crippen molar-refractivity contribution in [3.05, 3.63) is 0 Å². The van der Waals surface area contributed by atoms with E-state index < -0.39 is 0 Å². The van der Waals surface area contributed by atoms with Gasteiger partial charge in [-0.3, -0.25) is 0 Å². The highest BCUT2D eigenvalue weighted by Gasteiger charge is 2.23. The lowest BCUT2D eigenvalue weighted by Gasteiger charge is -2.19. The van der Waals surface area contributed by atoms with Gasteiger partial charge in [0.15, 0.2) is 0 Å². The molecule has 3 nitrogen and oxygen atoms in total. The zero-order valence-corrected chi connectivity index (χ0v) is 9.58. The van der Waals surface area contributed by atoms with E-state index in [0.29, 0.717) is 13.2 Å². The summed E-state index contributed by atoms with van der Waals surface area (Å²) < 4.78 is 10.9. The van der Waals surface area contributed by atoms with E-state index in [1.807, 2.05) is 6.92 Å². The third-order valence-electron chi connectivity index (χ3n) is 2.88. The third kappa shape index (κ3) is 4.63. The normalized spacial score (nSPS) is 26.9. The summed E-state index contributed by atoms with van der Waals surface area (Å²) in [6.45, 7) is 3.97. The van der Waals surface area contributed by atoms with Crippen molar-refractivity contribution < 1.29 is 9.47 Å². The van der Waals surface area contributed by atoms with Gasteiger partial charge in [0, 0.05) is 6.61 Å². The summed E-state index contributed by atoms with van der Waals surface area (Å²) in [5.41, 5.74) is 0. The maximum absolute atomic E-state index is 9.03. The fourth-order valence-corrected chi connectivity index (χ4v) is 2.02. The van der Waals surface area contributed by atoms with Crippen LogP contribution in [0.25, 0.3) is 0 Å². The lowest BCUT2D eigenvalue weighted by molar-refractivity contribution is -0.0120. The first-order chi connectivity index (χ1) is 7.38. The molecule has 0 aromatic carbocycles. The minimum atomic E-state index is 0.0918. The zero-order valence-electron chi connectivity index (χ0n) is 9.58. The van der Waals surface area contributed by atoms with Crippen LogP contribution in [0.1, 0.15) is 39.0 Å². The monoisotopic (exact) mass is 211 g/mol. The first kappa shape index (κ1) is 12.5. The molecule has 1 rings (SSSR count). The van der Waals surface area contributed by atoms with Crippen LogP contribution in [0.3, 0.4) is 0 Å². The topological polar surface area (TPSA) is 42.2 Å². The van der Waals surface area contributed by atoms with Crippen molar-refractivity contribution in [1.29, 1.82) is 5.26 Å². The third-order valence-corrected chi connectivity index (χ3v) is 2.88. The fraction of sp³-hybridized carbons (Fsp3) is 0.917. The van der Waals surface area contributed by atoms with Gasteiger partial charge in [-0.25, -0.2) is 0 Å². The predicted molar refractivity (Wildman–Crippen MR) is 58.4 cm³/mol. The minimum Gasteiger partial charge on any atom is -0.379 e. The molecule has 1 aliphatic carbocycles. The molecule has 0 aromatic heterocycles. The second-order valence-electron chi connectivity index (χ2n) is 3.98. The average molecular weight is 211 g/mol. The van der Waals surface area contributed by atoms with Gasteiger partial charge in [0.05, 0.1) is 31.3 Å². The van der Waals surface area contributed by atoms with Crippen molar-refractivity contribution in [2.24, 2.45) is 5.92 Å². The minimum absolute atomic E-state index is 0.0918. The molecule has 86 valence electrons. The van der Waals surface area contributed by atoms with Gasteiger partial charge in [-0.2, -0.15) is 5.26 Å². The van der Waals surface area contributed by atoms with Crippen molar-refractivity contribution in [3.63, 3.8) is 0 Å². The van der Waals surface area contributed by atoms with Crippen LogP contribution in [0.4, 0.5) is 0 Å². The summed E-state index contributed by atoms with van der Waals surface area (Å²) in [4.78, 5) is 0. The molecule has 0 aromatic rings. The summed E-state index contributed by atoms with van der Waals surface area (Å²) in [5.74, 6) is 0.0918. The zero-order chi connectivity index (χ0) is 10.9. The molecule has 0 bridgehead atoms. The highest BCUT2D eigenvalue weighted by atomic mass is 16.5. The summed E-state index contributed by atoms with van der Waals surface area (Å²) in [5, 5.41) is 9.03. The second-order valence-corrected chi connectivity index (χ2v) is 3.98. The first-order valence-corrected chi connectivity index (χ1v) is 5.97. The maximum Gasteiger partial charge on any atom is 0.0734 e. The predicted octanol–water partition coefficient (Wildman–Crippen LogP) is 2.51. The molecule has 0 saturated heterocycles. The van der Waals surface area contributed by atoms with Crippen LogP contribution in [-0.2, 0) is 9.47 Å². The van der Waals surface area contributed by atoms with Gasteiger partial charge in [0.2, 0.25) is 0 Å². The van der Waals surface area contributed by atoms with Crippen LogP contribution >= 0.6 is 0 Å². The lowest BCUT2D eigenvalue weighted by Crippen LogP contribution is -2.23. The molecule has 15 heavy (non-hydrogen) atoms. The van der Waals surface area contributed by atoms with Crippen LogP contribution in [0.15, 0.2) is 0 Å². The van der Waals surface area contributed by atoms with Crippen LogP contribution in [0.5, 0.6) is 0 Å². The van der Waals surface area contributed by atoms with Gasteiger partial charge >= 0.3 is 0 Å². The molecule has 0 heterocycles. The van der Waals surface area contributed by atoms with E-state index in [0.717, 1.165) is 19.4 Å². The van der Waals surface area contributed by atoms with Crippen LogP contribution < -0.4 is 0 Å². The molecule has 2 atom stereocenters. The molecule has 0 N–H and O–H groups in total. The number of nitriles is 1. The Labute approximate surface area is 92.4 Å². The Morgan fingerprint density at radius 1 is 1.20 bits per heavy atom. The number of rotatable bonds is 5. The average Bonchev–Trinajstić information content (AvgIpc) is 2.49. The lowest BCUT2D eigenvalue weighted by atomic mass is 9.99. The van der Waals surface area contributed by atoms with E-state index in [2.05, 4.69) is 6.07 Å². The van der Waals surface area contributed by atoms with E-state index in [4.69, 9.17) is 14.7 Å². The van der Waals surface area contributed by atoms with E-state index in [9.17, 15) is 0 Å². The van der Waals surface area contributed by atoms with Crippen LogP contribution in [0, 0.1) is 17.2 Å². The summed E-state index contributed by atoms with van der Waals surface area (Å²) in [7, 11) is 0. The highest BCUT2D eigenvalue weighted by Crippen LogP contribution is 2.25. The van der Waals surface area contributed by atoms with Crippen molar-refractivity contribution in [2.45, 2.75) is 45.1 Å². The molecular formula is C12H21NO2. The second kappa shape index (κ2) is 7.67. The standard InChI is InChI=1S/C12H21NO2/c1-2-14-8-9-15-12-7-5-3-4-6-11(12)10-13/h11-12H,2-9H2,1H3. The Morgan fingerprint density at radius 3 is 2.73 bits per heavy atom. The molecule has 0 amide bonds. The first-order valence-electron chi connectivity index (χ1n) is 5.97. The Kier molecular flexibility index (Phi) is 6.38. The quantitative estimate of drug-likeness (QED) is 0.518. The molecule has 0 aliphatic heterocycles. The van der Waals surface area contributed by atoms with Gasteiger partial charge in [-0.05, 0) is 19.8 Å². The SMILES string of the molecule is CCOCCOC1CCCCCC1C#N. The fourth-order valence-electron chi connectivity index (χ4n) is 2.02. The van der Waals surface area contributed by atoms with E-state index in [1.54, 1.807) is 0 Å². The Bertz CT molecular complexity index is 200. The van der Waals surface area contributed by atoms with E-state index in [-0.39, 0.29) is 12.0 Å². The molecule has 3 heteroatoms. The van der Waals surface area contributed by atoms with Gasteiger partial charge in [-0.1, -0.05) is 19.3 Å². The van der Waals surface area contributed by atoms with Gasteiger partial charge in [-0.15, -0.1) is 0 Å². The number of hydrogen-bond donors (Lipinski definition) is 0. The van der Waals surface area contributed by atoms with Crippen molar-refractivity contribution in [2.75, 3.05) is 19.8 Å². The summed E-state index contributed by atoms with van der Waals surface area (Å²) in [6, 6.07) is 2.37. The summed E-state index contributed by atoms with van der Waals surface area (Å²) in [6.07, 6.45) is 5.77. The molecule has 0 radical (unpaired) electrons. The van der Waals surface area contributed by atoms with E-state index >= 15 is 0 Å². The Morgan fingerprint density at radius 2 is 2.00 bits per heavy atom. The molecule has 1 aliphatic rings. The number of ether oxygens (including phenoxy) is 2.